The predicted octanol–water partition coefficient (Wildman–Crippen LogP) is 9.04. The predicted molar refractivity (Wildman–Crippen MR) is 178 cm³/mol. The molecule has 0 aliphatic heterocycles. The van der Waals surface area contributed by atoms with Crippen molar-refractivity contribution in [2.75, 3.05) is 6.61 Å². The minimum Gasteiger partial charge on any atom is -0.492 e. The van der Waals surface area contributed by atoms with Crippen LogP contribution in [0.1, 0.15) is 46.3 Å². The topological polar surface area (TPSA) is 84.9 Å². The summed E-state index contributed by atoms with van der Waals surface area (Å²) in [5.74, 6) is 1.32. The van der Waals surface area contributed by atoms with E-state index in [0.29, 0.717) is 41.1 Å². The molecule has 0 spiro atoms. The van der Waals surface area contributed by atoms with Crippen LogP contribution in [-0.4, -0.2) is 23.6 Å². The van der Waals surface area contributed by atoms with Gasteiger partial charge in [0.25, 0.3) is 5.91 Å². The molecule has 5 aromatic rings. The molecule has 0 bridgehead atoms. The molecule has 1 aliphatic rings. The Labute approximate surface area is 270 Å². The van der Waals surface area contributed by atoms with Crippen LogP contribution in [0.4, 0.5) is 0 Å². The van der Waals surface area contributed by atoms with Crippen LogP contribution < -0.4 is 14.8 Å². The Morgan fingerprint density at radius 1 is 0.822 bits per heavy atom. The van der Waals surface area contributed by atoms with E-state index in [9.17, 15) is 14.7 Å². The number of carboxylic acids is 1. The maximum absolute atomic E-state index is 13.6. The summed E-state index contributed by atoms with van der Waals surface area (Å²) in [5, 5.41) is 12.7. The third kappa shape index (κ3) is 7.62. The average Bonchev–Trinajstić information content (AvgIpc) is 3.85. The molecule has 3 atom stereocenters. The van der Waals surface area contributed by atoms with Gasteiger partial charge in [-0.05, 0) is 65.4 Å². The van der Waals surface area contributed by atoms with Gasteiger partial charge in [0.15, 0.2) is 0 Å². The highest BCUT2D eigenvalue weighted by molar-refractivity contribution is 9.10. The summed E-state index contributed by atoms with van der Waals surface area (Å²) < 4.78 is 13.0. The second-order valence-corrected chi connectivity index (χ2v) is 12.0. The first-order valence-electron chi connectivity index (χ1n) is 14.9. The van der Waals surface area contributed by atoms with Crippen molar-refractivity contribution < 1.29 is 24.2 Å². The molecule has 45 heavy (non-hydrogen) atoms. The Bertz CT molecular complexity index is 1780. The Balaban J connectivity index is 1.17. The number of nitrogens with one attached hydrogen (secondary N) is 1. The smallest absolute Gasteiger partial charge is 0.305 e. The van der Waals surface area contributed by atoms with E-state index in [1.807, 2.05) is 103 Å². The zero-order valence-electron chi connectivity index (χ0n) is 24.4. The van der Waals surface area contributed by atoms with Crippen LogP contribution >= 0.6 is 15.9 Å². The summed E-state index contributed by atoms with van der Waals surface area (Å²) in [6.45, 7) is 0.497. The lowest BCUT2D eigenvalue weighted by Gasteiger charge is -2.20. The number of hydrogen-bond acceptors (Lipinski definition) is 4. The van der Waals surface area contributed by atoms with Gasteiger partial charge >= 0.3 is 5.97 Å². The van der Waals surface area contributed by atoms with E-state index < -0.39 is 17.9 Å². The standard InChI is InChI=1S/C38H32BrNO5/c39-29-19-20-35(44-24-28-21-32(28)25-9-3-1-4-10-25)33(22-29)38(43)40-34(23-37(41)42)27-17-15-26(16-18-27)31-13-7-8-14-36(31)45-30-11-5-2-6-12-30/h1-20,22,28,32,34H,21,23-24H2,(H,40,43)(H,41,42). The van der Waals surface area contributed by atoms with E-state index in [1.54, 1.807) is 12.1 Å². The van der Waals surface area contributed by atoms with Crippen molar-refractivity contribution in [3.8, 4) is 28.4 Å². The molecule has 0 heterocycles. The van der Waals surface area contributed by atoms with Crippen molar-refractivity contribution in [3.63, 3.8) is 0 Å². The zero-order valence-corrected chi connectivity index (χ0v) is 26.0. The minimum atomic E-state index is -1.02. The lowest BCUT2D eigenvalue weighted by Crippen LogP contribution is -2.30. The SMILES string of the molecule is O=C(O)CC(NC(=O)c1cc(Br)ccc1OCC1CC1c1ccccc1)c1ccc(-c2ccccc2Oc2ccccc2)cc1. The van der Waals surface area contributed by atoms with Gasteiger partial charge in [0.05, 0.1) is 24.6 Å². The molecule has 2 N–H and O–H groups in total. The van der Waals surface area contributed by atoms with E-state index in [4.69, 9.17) is 9.47 Å². The third-order valence-electron chi connectivity index (χ3n) is 7.96. The van der Waals surface area contributed by atoms with Crippen LogP contribution in [0.2, 0.25) is 0 Å². The first-order chi connectivity index (χ1) is 21.9. The molecule has 0 aromatic heterocycles. The minimum absolute atomic E-state index is 0.274. The van der Waals surface area contributed by atoms with Crippen LogP contribution in [0.5, 0.6) is 17.2 Å². The number of carbonyl (C=O) groups is 2. The summed E-state index contributed by atoms with van der Waals surface area (Å²) in [5.41, 5.74) is 4.13. The van der Waals surface area contributed by atoms with Gasteiger partial charge in [-0.3, -0.25) is 9.59 Å². The Morgan fingerprint density at radius 2 is 1.51 bits per heavy atom. The molecule has 1 aliphatic carbocycles. The molecule has 1 amide bonds. The third-order valence-corrected chi connectivity index (χ3v) is 8.45. The normalized spacial score (nSPS) is 15.9. The van der Waals surface area contributed by atoms with Crippen molar-refractivity contribution >= 4 is 27.8 Å². The Kier molecular flexibility index (Phi) is 9.27. The number of benzene rings is 5. The molecular weight excluding hydrogens is 630 g/mol. The van der Waals surface area contributed by atoms with Gasteiger partial charge in [0, 0.05) is 16.0 Å². The maximum Gasteiger partial charge on any atom is 0.305 e. The molecule has 6 rings (SSSR count). The van der Waals surface area contributed by atoms with Crippen molar-refractivity contribution in [2.24, 2.45) is 5.92 Å². The lowest BCUT2D eigenvalue weighted by molar-refractivity contribution is -0.137. The highest BCUT2D eigenvalue weighted by atomic mass is 79.9. The highest BCUT2D eigenvalue weighted by Gasteiger charge is 2.39. The zero-order chi connectivity index (χ0) is 31.2. The Morgan fingerprint density at radius 3 is 2.24 bits per heavy atom. The quantitative estimate of drug-likeness (QED) is 0.139. The van der Waals surface area contributed by atoms with Crippen LogP contribution in [0.3, 0.4) is 0 Å². The van der Waals surface area contributed by atoms with Crippen LogP contribution in [0.15, 0.2) is 132 Å². The van der Waals surface area contributed by atoms with Gasteiger partial charge in [-0.2, -0.15) is 0 Å². The summed E-state index contributed by atoms with van der Waals surface area (Å²) in [6.07, 6.45) is 0.769. The van der Waals surface area contributed by atoms with Gasteiger partial charge in [-0.25, -0.2) is 0 Å². The van der Waals surface area contributed by atoms with Gasteiger partial charge < -0.3 is 19.9 Å². The fourth-order valence-electron chi connectivity index (χ4n) is 5.51. The molecule has 226 valence electrons. The Hall–Kier alpha value is -4.88. The number of ether oxygens (including phenoxy) is 2. The summed E-state index contributed by atoms with van der Waals surface area (Å²) in [6, 6.07) is 39.8. The van der Waals surface area contributed by atoms with Crippen molar-refractivity contribution in [1.82, 2.24) is 5.32 Å². The van der Waals surface area contributed by atoms with E-state index in [1.165, 1.54) is 5.56 Å². The van der Waals surface area contributed by atoms with Gasteiger partial charge in [0.2, 0.25) is 0 Å². The molecule has 1 saturated carbocycles. The molecule has 3 unspecified atom stereocenters. The van der Waals surface area contributed by atoms with Crippen LogP contribution in [-0.2, 0) is 4.79 Å². The van der Waals surface area contributed by atoms with Gasteiger partial charge in [-0.1, -0.05) is 107 Å². The highest BCUT2D eigenvalue weighted by Crippen LogP contribution is 2.47. The van der Waals surface area contributed by atoms with Crippen molar-refractivity contribution in [2.45, 2.75) is 24.8 Å². The van der Waals surface area contributed by atoms with Gasteiger partial charge in [0.1, 0.15) is 17.2 Å². The van der Waals surface area contributed by atoms with Crippen LogP contribution in [0, 0.1) is 5.92 Å². The first kappa shape index (κ1) is 30.2. The largest absolute Gasteiger partial charge is 0.492 e. The average molecular weight is 663 g/mol. The number of carboxylic acid groups (broad SMARTS) is 1. The monoisotopic (exact) mass is 661 g/mol. The lowest BCUT2D eigenvalue weighted by atomic mass is 9.98. The molecule has 0 radical (unpaired) electrons. The first-order valence-corrected chi connectivity index (χ1v) is 15.7. The molecule has 5 aromatic carbocycles. The van der Waals surface area contributed by atoms with Crippen LogP contribution in [0.25, 0.3) is 11.1 Å². The summed E-state index contributed by atoms with van der Waals surface area (Å²) in [7, 11) is 0. The molecule has 7 heteroatoms. The fourth-order valence-corrected chi connectivity index (χ4v) is 5.87. The molecule has 0 saturated heterocycles. The molecule has 6 nitrogen and oxygen atoms in total. The molecule has 1 fully saturated rings. The number of amides is 1. The maximum atomic E-state index is 13.6. The molecular formula is C38H32BrNO5. The summed E-state index contributed by atoms with van der Waals surface area (Å²) in [4.78, 5) is 25.5. The number of hydrogen-bond donors (Lipinski definition) is 2. The van der Waals surface area contributed by atoms with E-state index in [0.717, 1.165) is 27.8 Å². The number of para-hydroxylation sites is 2. The van der Waals surface area contributed by atoms with E-state index in [2.05, 4.69) is 33.4 Å². The van der Waals surface area contributed by atoms with Crippen molar-refractivity contribution in [3.05, 3.63) is 149 Å². The number of aliphatic carboxylic acids is 1. The number of halogens is 1. The van der Waals surface area contributed by atoms with Crippen molar-refractivity contribution in [1.29, 1.82) is 0 Å². The van der Waals surface area contributed by atoms with E-state index in [-0.39, 0.29) is 6.42 Å². The number of carbonyl (C=O) groups excluding carboxylic acids is 1. The van der Waals surface area contributed by atoms with Gasteiger partial charge in [-0.15, -0.1) is 0 Å². The second kappa shape index (κ2) is 13.8. The summed E-state index contributed by atoms with van der Waals surface area (Å²) >= 11 is 3.47. The fraction of sp³-hybridized carbons (Fsp3) is 0.158. The number of rotatable bonds is 12. The second-order valence-electron chi connectivity index (χ2n) is 11.1. The van der Waals surface area contributed by atoms with E-state index >= 15 is 0 Å².